The van der Waals surface area contributed by atoms with Crippen molar-refractivity contribution in [1.82, 2.24) is 10.6 Å². The van der Waals surface area contributed by atoms with Crippen LogP contribution in [0.5, 0.6) is 0 Å². The lowest BCUT2D eigenvalue weighted by Crippen LogP contribution is -2.45. The van der Waals surface area contributed by atoms with E-state index in [0.29, 0.717) is 13.1 Å². The average Bonchev–Trinajstić information content (AvgIpc) is 3.23. The highest BCUT2D eigenvalue weighted by Gasteiger charge is 2.52. The monoisotopic (exact) mass is 371 g/mol. The number of rotatable bonds is 4. The van der Waals surface area contributed by atoms with Gasteiger partial charge >= 0.3 is 0 Å². The molecule has 0 aromatic heterocycles. The van der Waals surface area contributed by atoms with E-state index in [1.807, 2.05) is 54.6 Å². The van der Waals surface area contributed by atoms with Crippen LogP contribution in [-0.2, 0) is 21.5 Å². The molecule has 26 heavy (non-hydrogen) atoms. The second kappa shape index (κ2) is 7.48. The molecule has 136 valence electrons. The Morgan fingerprint density at radius 1 is 1.12 bits per heavy atom. The fraction of sp³-hybridized carbons (Fsp3) is 0.300. The summed E-state index contributed by atoms with van der Waals surface area (Å²) in [5.74, 6) is -0.108. The van der Waals surface area contributed by atoms with Gasteiger partial charge < -0.3 is 15.5 Å². The van der Waals surface area contributed by atoms with Crippen molar-refractivity contribution >= 4 is 29.9 Å². The minimum atomic E-state index is -0.504. The highest BCUT2D eigenvalue weighted by Crippen LogP contribution is 2.45. The summed E-state index contributed by atoms with van der Waals surface area (Å²) in [4.78, 5) is 27.2. The largest absolute Gasteiger partial charge is 0.350 e. The average molecular weight is 372 g/mol. The third kappa shape index (κ3) is 3.08. The highest BCUT2D eigenvalue weighted by molar-refractivity contribution is 6.11. The SMILES string of the molecule is Cl.O=C(CN1C(=O)C2(CCNC2)c2ccccc21)NCc1ccccc1. The van der Waals surface area contributed by atoms with Crippen molar-refractivity contribution in [2.24, 2.45) is 0 Å². The number of hydrogen-bond donors (Lipinski definition) is 2. The zero-order chi connectivity index (χ0) is 17.3. The fourth-order valence-electron chi connectivity index (χ4n) is 3.85. The molecular formula is C20H22ClN3O2. The lowest BCUT2D eigenvalue weighted by Gasteiger charge is -2.22. The third-order valence-corrected chi connectivity index (χ3v) is 5.15. The molecule has 1 saturated heterocycles. The maximum atomic E-state index is 13.1. The van der Waals surface area contributed by atoms with Crippen LogP contribution in [0.3, 0.4) is 0 Å². The molecule has 2 aromatic rings. The van der Waals surface area contributed by atoms with Gasteiger partial charge in [0.25, 0.3) is 0 Å². The van der Waals surface area contributed by atoms with Crippen LogP contribution in [-0.4, -0.2) is 31.4 Å². The van der Waals surface area contributed by atoms with E-state index >= 15 is 0 Å². The summed E-state index contributed by atoms with van der Waals surface area (Å²) < 4.78 is 0. The molecule has 4 rings (SSSR count). The topological polar surface area (TPSA) is 61.4 Å². The number of halogens is 1. The zero-order valence-corrected chi connectivity index (χ0v) is 15.2. The summed E-state index contributed by atoms with van der Waals surface area (Å²) in [5.41, 5.74) is 2.45. The molecule has 0 bridgehead atoms. The van der Waals surface area contributed by atoms with Crippen LogP contribution in [0.2, 0.25) is 0 Å². The van der Waals surface area contributed by atoms with Gasteiger partial charge in [0, 0.05) is 18.8 Å². The maximum Gasteiger partial charge on any atom is 0.240 e. The van der Waals surface area contributed by atoms with Crippen molar-refractivity contribution in [3.63, 3.8) is 0 Å². The molecule has 1 unspecified atom stereocenters. The van der Waals surface area contributed by atoms with E-state index in [0.717, 1.165) is 29.8 Å². The Bertz CT molecular complexity index is 804. The van der Waals surface area contributed by atoms with Gasteiger partial charge in [-0.1, -0.05) is 48.5 Å². The van der Waals surface area contributed by atoms with Gasteiger partial charge in [0.1, 0.15) is 6.54 Å². The molecule has 1 spiro atoms. The first-order valence-corrected chi connectivity index (χ1v) is 8.63. The standard InChI is InChI=1S/C20H21N3O2.ClH/c24-18(22-12-15-6-2-1-3-7-15)13-23-17-9-5-4-8-16(17)20(19(23)25)10-11-21-14-20;/h1-9,21H,10-14H2,(H,22,24);1H. The summed E-state index contributed by atoms with van der Waals surface area (Å²) in [6.07, 6.45) is 0.783. The van der Waals surface area contributed by atoms with Gasteiger partial charge in [-0.3, -0.25) is 9.59 Å². The smallest absolute Gasteiger partial charge is 0.240 e. The zero-order valence-electron chi connectivity index (χ0n) is 14.4. The molecule has 2 heterocycles. The molecular weight excluding hydrogens is 350 g/mol. The number of carbonyl (C=O) groups is 2. The van der Waals surface area contributed by atoms with Crippen LogP contribution >= 0.6 is 12.4 Å². The quantitative estimate of drug-likeness (QED) is 0.864. The second-order valence-corrected chi connectivity index (χ2v) is 6.68. The highest BCUT2D eigenvalue weighted by atomic mass is 35.5. The van der Waals surface area contributed by atoms with Crippen molar-refractivity contribution in [2.45, 2.75) is 18.4 Å². The number of anilines is 1. The molecule has 0 radical (unpaired) electrons. The lowest BCUT2D eigenvalue weighted by molar-refractivity contribution is -0.126. The van der Waals surface area contributed by atoms with E-state index in [9.17, 15) is 9.59 Å². The predicted octanol–water partition coefficient (Wildman–Crippen LogP) is 2.00. The maximum absolute atomic E-state index is 13.1. The summed E-state index contributed by atoms with van der Waals surface area (Å²) in [7, 11) is 0. The van der Waals surface area contributed by atoms with Gasteiger partial charge in [-0.2, -0.15) is 0 Å². The van der Waals surface area contributed by atoms with Crippen LogP contribution in [0.15, 0.2) is 54.6 Å². The van der Waals surface area contributed by atoms with Gasteiger partial charge in [-0.05, 0) is 30.2 Å². The molecule has 2 aliphatic rings. The molecule has 6 heteroatoms. The Labute approximate surface area is 159 Å². The van der Waals surface area contributed by atoms with Gasteiger partial charge in [0.2, 0.25) is 11.8 Å². The van der Waals surface area contributed by atoms with E-state index in [-0.39, 0.29) is 30.8 Å². The summed E-state index contributed by atoms with van der Waals surface area (Å²) in [6, 6.07) is 17.6. The molecule has 2 aromatic carbocycles. The second-order valence-electron chi connectivity index (χ2n) is 6.68. The van der Waals surface area contributed by atoms with E-state index < -0.39 is 5.41 Å². The van der Waals surface area contributed by atoms with Crippen LogP contribution in [0.1, 0.15) is 17.5 Å². The molecule has 2 amide bonds. The van der Waals surface area contributed by atoms with Gasteiger partial charge in [0.15, 0.2) is 0 Å². The number of nitrogens with zero attached hydrogens (tertiary/aromatic N) is 1. The molecule has 2 N–H and O–H groups in total. The number of amides is 2. The first-order chi connectivity index (χ1) is 12.2. The normalized spacial score (nSPS) is 20.8. The van der Waals surface area contributed by atoms with Gasteiger partial charge in [-0.15, -0.1) is 12.4 Å². The van der Waals surface area contributed by atoms with E-state index in [2.05, 4.69) is 10.6 Å². The van der Waals surface area contributed by atoms with Crippen LogP contribution in [0.25, 0.3) is 0 Å². The van der Waals surface area contributed by atoms with E-state index in [4.69, 9.17) is 0 Å². The fourth-order valence-corrected chi connectivity index (χ4v) is 3.85. The summed E-state index contributed by atoms with van der Waals surface area (Å²) >= 11 is 0. The Hall–Kier alpha value is -2.37. The Morgan fingerprint density at radius 3 is 2.58 bits per heavy atom. The van der Waals surface area contributed by atoms with Crippen LogP contribution < -0.4 is 15.5 Å². The number of nitrogens with one attached hydrogen (secondary N) is 2. The molecule has 1 fully saturated rings. The minimum absolute atomic E-state index is 0. The Balaban J connectivity index is 0.00000196. The molecule has 5 nitrogen and oxygen atoms in total. The van der Waals surface area contributed by atoms with Gasteiger partial charge in [0.05, 0.1) is 5.41 Å². The summed E-state index contributed by atoms with van der Waals surface area (Å²) in [6.45, 7) is 2.00. The predicted molar refractivity (Wildman–Crippen MR) is 103 cm³/mol. The number of carbonyl (C=O) groups excluding carboxylic acids is 2. The molecule has 0 saturated carbocycles. The van der Waals surface area contributed by atoms with Gasteiger partial charge in [-0.25, -0.2) is 0 Å². The first kappa shape index (κ1) is 18.4. The Kier molecular flexibility index (Phi) is 5.30. The third-order valence-electron chi connectivity index (χ3n) is 5.15. The Morgan fingerprint density at radius 2 is 1.85 bits per heavy atom. The van der Waals surface area contributed by atoms with Crippen LogP contribution in [0, 0.1) is 0 Å². The van der Waals surface area contributed by atoms with E-state index in [1.54, 1.807) is 4.90 Å². The molecule has 0 aliphatic carbocycles. The van der Waals surface area contributed by atoms with Crippen molar-refractivity contribution in [1.29, 1.82) is 0 Å². The van der Waals surface area contributed by atoms with Crippen molar-refractivity contribution < 1.29 is 9.59 Å². The van der Waals surface area contributed by atoms with Crippen LogP contribution in [0.4, 0.5) is 5.69 Å². The molecule has 1 atom stereocenters. The van der Waals surface area contributed by atoms with E-state index in [1.165, 1.54) is 0 Å². The van der Waals surface area contributed by atoms with Crippen molar-refractivity contribution in [2.75, 3.05) is 24.5 Å². The minimum Gasteiger partial charge on any atom is -0.350 e. The number of para-hydroxylation sites is 1. The number of hydrogen-bond acceptors (Lipinski definition) is 3. The summed E-state index contributed by atoms with van der Waals surface area (Å²) in [5, 5.41) is 6.21. The first-order valence-electron chi connectivity index (χ1n) is 8.63. The van der Waals surface area contributed by atoms with Crippen molar-refractivity contribution in [3.05, 3.63) is 65.7 Å². The number of fused-ring (bicyclic) bond motifs is 2. The molecule has 2 aliphatic heterocycles. The lowest BCUT2D eigenvalue weighted by atomic mass is 9.81. The number of benzene rings is 2. The van der Waals surface area contributed by atoms with Crippen molar-refractivity contribution in [3.8, 4) is 0 Å².